The van der Waals surface area contributed by atoms with Crippen LogP contribution in [-0.4, -0.2) is 36.9 Å². The second-order valence-corrected chi connectivity index (χ2v) is 6.48. The van der Waals surface area contributed by atoms with Gasteiger partial charge in [-0.05, 0) is 18.9 Å². The standard InChI is InChI=1S/C19H17N5O2/c25-18-15-11-20-19-21-17(13-5-2-1-3-6-13)22-24(19)16(15)8-9-23(18)12-14-7-4-10-26-14/h1-3,5-6,8-9,11,14H,4,7,10,12H2/t14-/m1/s1. The SMILES string of the molecule is O=c1c2cnc3nc(-c4ccccc4)nn3c2ccn1C[C@H]1CCCO1. The molecule has 0 amide bonds. The van der Waals surface area contributed by atoms with Gasteiger partial charge in [0.05, 0.1) is 23.6 Å². The molecule has 1 aliphatic heterocycles. The topological polar surface area (TPSA) is 74.3 Å². The quantitative estimate of drug-likeness (QED) is 0.568. The Labute approximate surface area is 148 Å². The van der Waals surface area contributed by atoms with Gasteiger partial charge in [0.2, 0.25) is 0 Å². The second-order valence-electron chi connectivity index (χ2n) is 6.48. The summed E-state index contributed by atoms with van der Waals surface area (Å²) >= 11 is 0. The Kier molecular flexibility index (Phi) is 3.53. The number of aromatic nitrogens is 5. The lowest BCUT2D eigenvalue weighted by Crippen LogP contribution is -2.26. The maximum Gasteiger partial charge on any atom is 0.261 e. The lowest BCUT2D eigenvalue weighted by molar-refractivity contribution is 0.0963. The van der Waals surface area contributed by atoms with Gasteiger partial charge in [0, 0.05) is 24.6 Å². The van der Waals surface area contributed by atoms with E-state index >= 15 is 0 Å². The summed E-state index contributed by atoms with van der Waals surface area (Å²) in [7, 11) is 0. The van der Waals surface area contributed by atoms with Crippen molar-refractivity contribution in [2.75, 3.05) is 6.61 Å². The number of rotatable bonds is 3. The summed E-state index contributed by atoms with van der Waals surface area (Å²) in [4.78, 5) is 21.7. The molecule has 130 valence electrons. The van der Waals surface area contributed by atoms with Gasteiger partial charge in [-0.2, -0.15) is 9.50 Å². The molecule has 7 heteroatoms. The Bertz CT molecular complexity index is 1140. The van der Waals surface area contributed by atoms with E-state index in [1.54, 1.807) is 21.5 Å². The van der Waals surface area contributed by atoms with E-state index in [1.165, 1.54) is 0 Å². The molecule has 0 radical (unpaired) electrons. The van der Waals surface area contributed by atoms with Crippen LogP contribution in [-0.2, 0) is 11.3 Å². The van der Waals surface area contributed by atoms with Crippen molar-refractivity contribution in [3.8, 4) is 11.4 Å². The molecule has 0 bridgehead atoms. The monoisotopic (exact) mass is 347 g/mol. The molecule has 26 heavy (non-hydrogen) atoms. The van der Waals surface area contributed by atoms with E-state index in [2.05, 4.69) is 15.1 Å². The van der Waals surface area contributed by atoms with Crippen LogP contribution in [0.15, 0.2) is 53.6 Å². The summed E-state index contributed by atoms with van der Waals surface area (Å²) in [6.45, 7) is 1.34. The average Bonchev–Trinajstić information content (AvgIpc) is 3.34. The number of nitrogens with zero attached hydrogens (tertiary/aromatic N) is 5. The van der Waals surface area contributed by atoms with Crippen LogP contribution in [0.5, 0.6) is 0 Å². The maximum absolute atomic E-state index is 12.8. The van der Waals surface area contributed by atoms with E-state index < -0.39 is 0 Å². The third-order valence-corrected chi connectivity index (χ3v) is 4.76. The molecule has 0 aliphatic carbocycles. The molecule has 0 saturated carbocycles. The van der Waals surface area contributed by atoms with Crippen LogP contribution in [0.3, 0.4) is 0 Å². The molecule has 1 saturated heterocycles. The van der Waals surface area contributed by atoms with Gasteiger partial charge in [-0.15, -0.1) is 5.10 Å². The summed E-state index contributed by atoms with van der Waals surface area (Å²) in [6, 6.07) is 11.6. The Hall–Kier alpha value is -3.06. The van der Waals surface area contributed by atoms with Crippen LogP contribution in [0.2, 0.25) is 0 Å². The number of ether oxygens (including phenoxy) is 1. The smallest absolute Gasteiger partial charge is 0.261 e. The van der Waals surface area contributed by atoms with Crippen molar-refractivity contribution in [2.45, 2.75) is 25.5 Å². The molecule has 1 aromatic carbocycles. The minimum atomic E-state index is -0.0795. The zero-order valence-electron chi connectivity index (χ0n) is 14.1. The highest BCUT2D eigenvalue weighted by Gasteiger charge is 2.18. The van der Waals surface area contributed by atoms with Crippen LogP contribution < -0.4 is 5.56 Å². The Morgan fingerprint density at radius 3 is 2.88 bits per heavy atom. The van der Waals surface area contributed by atoms with Gasteiger partial charge in [0.15, 0.2) is 5.82 Å². The molecule has 1 fully saturated rings. The van der Waals surface area contributed by atoms with Crippen molar-refractivity contribution < 1.29 is 4.74 Å². The van der Waals surface area contributed by atoms with Crippen LogP contribution in [0.4, 0.5) is 0 Å². The first kappa shape index (κ1) is 15.2. The summed E-state index contributed by atoms with van der Waals surface area (Å²) in [5, 5.41) is 5.09. The molecule has 0 spiro atoms. The van der Waals surface area contributed by atoms with Gasteiger partial charge < -0.3 is 9.30 Å². The van der Waals surface area contributed by atoms with Crippen molar-refractivity contribution in [3.63, 3.8) is 0 Å². The molecule has 4 aromatic rings. The van der Waals surface area contributed by atoms with E-state index in [0.717, 1.165) is 25.0 Å². The lowest BCUT2D eigenvalue weighted by atomic mass is 10.2. The van der Waals surface area contributed by atoms with Gasteiger partial charge >= 0.3 is 0 Å². The molecule has 4 heterocycles. The van der Waals surface area contributed by atoms with Gasteiger partial charge in [-0.1, -0.05) is 30.3 Å². The predicted octanol–water partition coefficient (Wildman–Crippen LogP) is 2.29. The van der Waals surface area contributed by atoms with Gasteiger partial charge in [-0.3, -0.25) is 4.79 Å². The van der Waals surface area contributed by atoms with Crippen LogP contribution in [0, 0.1) is 0 Å². The predicted molar refractivity (Wildman–Crippen MR) is 97.0 cm³/mol. The largest absolute Gasteiger partial charge is 0.376 e. The fraction of sp³-hybridized carbons (Fsp3) is 0.263. The number of benzene rings is 1. The number of hydrogen-bond acceptors (Lipinski definition) is 5. The minimum absolute atomic E-state index is 0.0795. The number of hydrogen-bond donors (Lipinski definition) is 0. The fourth-order valence-electron chi connectivity index (χ4n) is 3.42. The lowest BCUT2D eigenvalue weighted by Gasteiger charge is -2.12. The first-order valence-corrected chi connectivity index (χ1v) is 8.71. The summed E-state index contributed by atoms with van der Waals surface area (Å²) in [6.07, 6.45) is 5.54. The van der Waals surface area contributed by atoms with Crippen LogP contribution >= 0.6 is 0 Å². The van der Waals surface area contributed by atoms with Crippen LogP contribution in [0.25, 0.3) is 28.1 Å². The normalized spacial score (nSPS) is 17.3. The minimum Gasteiger partial charge on any atom is -0.376 e. The molecule has 5 rings (SSSR count). The van der Waals surface area contributed by atoms with Crippen molar-refractivity contribution in [1.82, 2.24) is 24.1 Å². The average molecular weight is 347 g/mol. The Balaban J connectivity index is 1.62. The highest BCUT2D eigenvalue weighted by Crippen LogP contribution is 2.18. The Morgan fingerprint density at radius 2 is 2.08 bits per heavy atom. The van der Waals surface area contributed by atoms with Crippen molar-refractivity contribution >= 4 is 16.7 Å². The van der Waals surface area contributed by atoms with E-state index in [4.69, 9.17) is 4.74 Å². The van der Waals surface area contributed by atoms with Gasteiger partial charge in [0.25, 0.3) is 11.3 Å². The van der Waals surface area contributed by atoms with Crippen molar-refractivity contribution in [1.29, 1.82) is 0 Å². The molecule has 1 aliphatic rings. The zero-order chi connectivity index (χ0) is 17.5. The summed E-state index contributed by atoms with van der Waals surface area (Å²) in [5.41, 5.74) is 1.54. The van der Waals surface area contributed by atoms with E-state index in [9.17, 15) is 4.79 Å². The highest BCUT2D eigenvalue weighted by atomic mass is 16.5. The second kappa shape index (κ2) is 6.03. The molecule has 1 atom stereocenters. The first-order valence-electron chi connectivity index (χ1n) is 8.71. The number of pyridine rings is 1. The van der Waals surface area contributed by atoms with Gasteiger partial charge in [0.1, 0.15) is 0 Å². The fourth-order valence-corrected chi connectivity index (χ4v) is 3.42. The van der Waals surface area contributed by atoms with Gasteiger partial charge in [-0.25, -0.2) is 4.98 Å². The summed E-state index contributed by atoms with van der Waals surface area (Å²) in [5.74, 6) is 1.07. The van der Waals surface area contributed by atoms with Crippen LogP contribution in [0.1, 0.15) is 12.8 Å². The molecule has 0 N–H and O–H groups in total. The van der Waals surface area contributed by atoms with E-state index in [-0.39, 0.29) is 11.7 Å². The third-order valence-electron chi connectivity index (χ3n) is 4.76. The Morgan fingerprint density at radius 1 is 1.19 bits per heavy atom. The molecule has 7 nitrogen and oxygen atoms in total. The zero-order valence-corrected chi connectivity index (χ0v) is 14.1. The van der Waals surface area contributed by atoms with E-state index in [0.29, 0.717) is 29.0 Å². The maximum atomic E-state index is 12.8. The summed E-state index contributed by atoms with van der Waals surface area (Å²) < 4.78 is 8.97. The molecule has 3 aromatic heterocycles. The van der Waals surface area contributed by atoms with Crippen molar-refractivity contribution in [3.05, 3.63) is 59.1 Å². The number of fused-ring (bicyclic) bond motifs is 3. The first-order chi connectivity index (χ1) is 12.8. The van der Waals surface area contributed by atoms with E-state index in [1.807, 2.05) is 36.4 Å². The third kappa shape index (κ3) is 2.48. The molecular formula is C19H17N5O2. The van der Waals surface area contributed by atoms with Crippen molar-refractivity contribution in [2.24, 2.45) is 0 Å². The highest BCUT2D eigenvalue weighted by molar-refractivity contribution is 5.79. The molecule has 0 unspecified atom stereocenters. The molecular weight excluding hydrogens is 330 g/mol.